The Bertz CT molecular complexity index is 788. The van der Waals surface area contributed by atoms with Crippen LogP contribution in [0.5, 0.6) is 0 Å². The maximum absolute atomic E-state index is 13.0. The van der Waals surface area contributed by atoms with Crippen LogP contribution in [-0.4, -0.2) is 64.6 Å². The molecule has 1 aliphatic heterocycles. The van der Waals surface area contributed by atoms with E-state index in [-0.39, 0.29) is 24.4 Å². The van der Waals surface area contributed by atoms with Crippen molar-refractivity contribution in [3.8, 4) is 0 Å². The third-order valence-corrected chi connectivity index (χ3v) is 5.36. The molecule has 2 aromatic rings. The van der Waals surface area contributed by atoms with Crippen molar-refractivity contribution in [3.63, 3.8) is 0 Å². The number of likely N-dealkylation sites (N-methyl/N-ethyl adjacent to an activating group) is 1. The predicted octanol–water partition coefficient (Wildman–Crippen LogP) is 1.64. The number of aromatic nitrogens is 2. The molecule has 1 aromatic carbocycles. The molecule has 1 aromatic heterocycles. The summed E-state index contributed by atoms with van der Waals surface area (Å²) in [5, 5.41) is 7.49. The monoisotopic (exact) mass is 383 g/mol. The summed E-state index contributed by atoms with van der Waals surface area (Å²) in [5.41, 5.74) is 2.40. The van der Waals surface area contributed by atoms with Crippen molar-refractivity contribution in [1.29, 1.82) is 0 Å². The number of hydrogen-bond acceptors (Lipinski definition) is 4. The maximum Gasteiger partial charge on any atom is 0.247 e. The highest BCUT2D eigenvalue weighted by Crippen LogP contribution is 2.23. The number of nitrogens with zero attached hydrogens (tertiary/aromatic N) is 4. The minimum atomic E-state index is -0.437. The number of aryl methyl sites for hydroxylation is 1. The van der Waals surface area contributed by atoms with Gasteiger partial charge in [0, 0.05) is 39.1 Å². The van der Waals surface area contributed by atoms with Crippen LogP contribution in [0.2, 0.25) is 0 Å². The summed E-state index contributed by atoms with van der Waals surface area (Å²) in [6.07, 6.45) is 4.39. The second-order valence-electron chi connectivity index (χ2n) is 7.26. The molecule has 2 amide bonds. The van der Waals surface area contributed by atoms with Crippen LogP contribution in [0.4, 0.5) is 0 Å². The minimum absolute atomic E-state index is 0.0146. The zero-order chi connectivity index (χ0) is 20.1. The van der Waals surface area contributed by atoms with Crippen LogP contribution < -0.4 is 5.32 Å². The van der Waals surface area contributed by atoms with Crippen LogP contribution in [0, 0.1) is 0 Å². The van der Waals surface area contributed by atoms with Gasteiger partial charge in [-0.3, -0.25) is 14.3 Å². The average Bonchev–Trinajstić information content (AvgIpc) is 3.27. The van der Waals surface area contributed by atoms with Gasteiger partial charge in [0.15, 0.2) is 0 Å². The van der Waals surface area contributed by atoms with Crippen molar-refractivity contribution in [2.24, 2.45) is 0 Å². The summed E-state index contributed by atoms with van der Waals surface area (Å²) in [4.78, 5) is 29.1. The molecular weight excluding hydrogens is 354 g/mol. The van der Waals surface area contributed by atoms with Crippen molar-refractivity contribution < 1.29 is 9.59 Å². The molecule has 7 nitrogen and oxygen atoms in total. The number of carbonyl (C=O) groups excluding carboxylic acids is 2. The van der Waals surface area contributed by atoms with Crippen LogP contribution in [0.25, 0.3) is 0 Å². The molecule has 150 valence electrons. The maximum atomic E-state index is 13.0. The number of benzene rings is 1. The summed E-state index contributed by atoms with van der Waals surface area (Å²) >= 11 is 0. The predicted molar refractivity (Wildman–Crippen MR) is 108 cm³/mol. The first-order valence-corrected chi connectivity index (χ1v) is 9.84. The average molecular weight is 383 g/mol. The largest absolute Gasteiger partial charge is 0.335 e. The van der Waals surface area contributed by atoms with Gasteiger partial charge in [-0.2, -0.15) is 5.10 Å². The van der Waals surface area contributed by atoms with Crippen LogP contribution in [0.3, 0.4) is 0 Å². The molecule has 1 N–H and O–H groups in total. The van der Waals surface area contributed by atoms with Crippen LogP contribution in [-0.2, 0) is 16.0 Å². The molecule has 0 bridgehead atoms. The van der Waals surface area contributed by atoms with Gasteiger partial charge in [0.1, 0.15) is 6.04 Å². The summed E-state index contributed by atoms with van der Waals surface area (Å²) in [6, 6.07) is 9.77. The molecule has 1 aliphatic rings. The number of piperazine rings is 1. The SMILES string of the molecule is CCc1ccc(C2CNCCN2C(=O)CN(C)C(=O)C(C)n2cccn2)cc1. The molecule has 1 saturated heterocycles. The van der Waals surface area contributed by atoms with Gasteiger partial charge in [-0.25, -0.2) is 0 Å². The molecule has 7 heteroatoms. The standard InChI is InChI=1S/C21H29N5O2/c1-4-17-6-8-18(9-7-17)19-14-22-11-13-25(19)20(27)15-24(3)21(28)16(2)26-12-5-10-23-26/h5-10,12,16,19,22H,4,11,13-15H2,1-3H3. The Hall–Kier alpha value is -2.67. The zero-order valence-corrected chi connectivity index (χ0v) is 16.8. The lowest BCUT2D eigenvalue weighted by atomic mass is 10.0. The van der Waals surface area contributed by atoms with Crippen LogP contribution in [0.15, 0.2) is 42.7 Å². The first kappa shape index (κ1) is 20.1. The smallest absolute Gasteiger partial charge is 0.247 e. The summed E-state index contributed by atoms with van der Waals surface area (Å²) < 4.78 is 1.60. The van der Waals surface area contributed by atoms with Crippen molar-refractivity contribution in [1.82, 2.24) is 24.9 Å². The van der Waals surface area contributed by atoms with Gasteiger partial charge in [-0.15, -0.1) is 0 Å². The number of amides is 2. The molecule has 0 aliphatic carbocycles. The highest BCUT2D eigenvalue weighted by Gasteiger charge is 2.30. The Kier molecular flexibility index (Phi) is 6.46. The summed E-state index contributed by atoms with van der Waals surface area (Å²) in [6.45, 7) is 6.10. The Balaban J connectivity index is 1.67. The molecule has 0 spiro atoms. The van der Waals surface area contributed by atoms with E-state index < -0.39 is 6.04 Å². The zero-order valence-electron chi connectivity index (χ0n) is 16.8. The fourth-order valence-electron chi connectivity index (χ4n) is 3.59. The lowest BCUT2D eigenvalue weighted by molar-refractivity contribution is -0.143. The first-order valence-electron chi connectivity index (χ1n) is 9.84. The van der Waals surface area contributed by atoms with Crippen molar-refractivity contribution >= 4 is 11.8 Å². The van der Waals surface area contributed by atoms with Crippen molar-refractivity contribution in [2.45, 2.75) is 32.4 Å². The Labute approximate surface area is 166 Å². The van der Waals surface area contributed by atoms with E-state index in [2.05, 4.69) is 41.6 Å². The number of hydrogen-bond donors (Lipinski definition) is 1. The number of carbonyl (C=O) groups is 2. The molecule has 0 radical (unpaired) electrons. The van der Waals surface area contributed by atoms with Gasteiger partial charge >= 0.3 is 0 Å². The fourth-order valence-corrected chi connectivity index (χ4v) is 3.59. The molecular formula is C21H29N5O2. The van der Waals surface area contributed by atoms with Gasteiger partial charge < -0.3 is 15.1 Å². The third-order valence-electron chi connectivity index (χ3n) is 5.36. The van der Waals surface area contributed by atoms with Crippen LogP contribution in [0.1, 0.15) is 37.1 Å². The molecule has 2 atom stereocenters. The van der Waals surface area contributed by atoms with Gasteiger partial charge in [0.05, 0.1) is 12.6 Å². The Morgan fingerprint density at radius 2 is 2.07 bits per heavy atom. The topological polar surface area (TPSA) is 70.5 Å². The van der Waals surface area contributed by atoms with Gasteiger partial charge in [0.2, 0.25) is 11.8 Å². The van der Waals surface area contributed by atoms with E-state index >= 15 is 0 Å². The van der Waals surface area contributed by atoms with E-state index in [1.807, 2.05) is 4.90 Å². The molecule has 28 heavy (non-hydrogen) atoms. The van der Waals surface area contributed by atoms with Crippen molar-refractivity contribution in [2.75, 3.05) is 33.2 Å². The highest BCUT2D eigenvalue weighted by atomic mass is 16.2. The second kappa shape index (κ2) is 9.01. The van der Waals surface area contributed by atoms with E-state index in [1.54, 1.807) is 37.1 Å². The molecule has 2 unspecified atom stereocenters. The quantitative estimate of drug-likeness (QED) is 0.823. The Morgan fingerprint density at radius 1 is 1.32 bits per heavy atom. The normalized spacial score (nSPS) is 18.0. The van der Waals surface area contributed by atoms with E-state index in [4.69, 9.17) is 0 Å². The van der Waals surface area contributed by atoms with Crippen LogP contribution >= 0.6 is 0 Å². The summed E-state index contributed by atoms with van der Waals surface area (Å²) in [5.74, 6) is -0.161. The van der Waals surface area contributed by atoms with E-state index in [1.165, 1.54) is 10.5 Å². The fraction of sp³-hybridized carbons (Fsp3) is 0.476. The van der Waals surface area contributed by atoms with Gasteiger partial charge in [0.25, 0.3) is 0 Å². The summed E-state index contributed by atoms with van der Waals surface area (Å²) in [7, 11) is 1.67. The Morgan fingerprint density at radius 3 is 2.71 bits per heavy atom. The van der Waals surface area contributed by atoms with Crippen molar-refractivity contribution in [3.05, 3.63) is 53.9 Å². The first-order chi connectivity index (χ1) is 13.5. The van der Waals surface area contributed by atoms with E-state index in [9.17, 15) is 9.59 Å². The number of nitrogens with one attached hydrogen (secondary N) is 1. The molecule has 3 rings (SSSR count). The minimum Gasteiger partial charge on any atom is -0.335 e. The van der Waals surface area contributed by atoms with Gasteiger partial charge in [-0.1, -0.05) is 31.2 Å². The number of rotatable bonds is 6. The lowest BCUT2D eigenvalue weighted by Crippen LogP contribution is -2.52. The lowest BCUT2D eigenvalue weighted by Gasteiger charge is -2.37. The second-order valence-corrected chi connectivity index (χ2v) is 7.26. The molecule has 0 saturated carbocycles. The van der Waals surface area contributed by atoms with Gasteiger partial charge in [-0.05, 0) is 30.5 Å². The third kappa shape index (κ3) is 4.42. The van der Waals surface area contributed by atoms with E-state index in [0.29, 0.717) is 6.54 Å². The highest BCUT2D eigenvalue weighted by molar-refractivity contribution is 5.86. The molecule has 2 heterocycles. The molecule has 1 fully saturated rings. The van der Waals surface area contributed by atoms with E-state index in [0.717, 1.165) is 25.1 Å².